The molecule has 3 aromatic rings. The van der Waals surface area contributed by atoms with E-state index >= 15 is 0 Å². The zero-order valence-corrected chi connectivity index (χ0v) is 20.0. The Bertz CT molecular complexity index is 1260. The monoisotopic (exact) mass is 475 g/mol. The number of rotatable bonds is 7. The van der Waals surface area contributed by atoms with Crippen molar-refractivity contribution in [1.29, 1.82) is 0 Å². The predicted octanol–water partition coefficient (Wildman–Crippen LogP) is 2.32. The van der Waals surface area contributed by atoms with E-state index in [4.69, 9.17) is 4.74 Å². The second-order valence-corrected chi connectivity index (χ2v) is 8.97. The van der Waals surface area contributed by atoms with Crippen molar-refractivity contribution in [1.82, 2.24) is 24.4 Å². The summed E-state index contributed by atoms with van der Waals surface area (Å²) in [7, 11) is 1.64. The first-order chi connectivity index (χ1) is 17.0. The lowest BCUT2D eigenvalue weighted by molar-refractivity contribution is -0.132. The molecule has 1 amide bonds. The first kappa shape index (κ1) is 22.8. The minimum Gasteiger partial charge on any atom is -0.497 e. The van der Waals surface area contributed by atoms with Crippen molar-refractivity contribution in [3.05, 3.63) is 64.5 Å². The van der Waals surface area contributed by atoms with E-state index in [1.54, 1.807) is 18.1 Å². The van der Waals surface area contributed by atoms with Crippen LogP contribution in [0.25, 0.3) is 0 Å². The largest absolute Gasteiger partial charge is 0.497 e. The molecule has 1 saturated carbocycles. The molecule has 2 aliphatic rings. The highest BCUT2D eigenvalue weighted by molar-refractivity contribution is 5.76. The standard InChI is InChI=1S/C25H29N7O3/c1-17-13-22(28-19-5-7-20(35-2)8-6-19)29-25(27-17)31-11-9-30(10-12-31)24(34)15-32-16-26-21(14-23(32)33)18-3-4-18/h5-8,13-14,16,18H,3-4,9-12,15H2,1-2H3,(H,27,28,29). The van der Waals surface area contributed by atoms with Gasteiger partial charge in [-0.05, 0) is 44.0 Å². The Kier molecular flexibility index (Phi) is 6.35. The van der Waals surface area contributed by atoms with Crippen molar-refractivity contribution < 1.29 is 9.53 Å². The average molecular weight is 476 g/mol. The second-order valence-electron chi connectivity index (χ2n) is 8.97. The SMILES string of the molecule is COc1ccc(Nc2cc(C)nc(N3CCN(C(=O)Cn4cnc(C5CC5)cc4=O)CC3)n2)cc1. The number of nitrogens with one attached hydrogen (secondary N) is 1. The van der Waals surface area contributed by atoms with Crippen molar-refractivity contribution in [2.45, 2.75) is 32.2 Å². The Morgan fingerprint density at radius 3 is 2.49 bits per heavy atom. The third kappa shape index (κ3) is 5.42. The number of aromatic nitrogens is 4. The van der Waals surface area contributed by atoms with Crippen LogP contribution in [0.2, 0.25) is 0 Å². The summed E-state index contributed by atoms with van der Waals surface area (Å²) in [6, 6.07) is 11.1. The Balaban J connectivity index is 1.19. The van der Waals surface area contributed by atoms with E-state index in [1.165, 1.54) is 10.9 Å². The Morgan fingerprint density at radius 2 is 1.83 bits per heavy atom. The number of carbonyl (C=O) groups is 1. The molecule has 0 radical (unpaired) electrons. The van der Waals surface area contributed by atoms with Gasteiger partial charge in [0.05, 0.1) is 19.1 Å². The first-order valence-corrected chi connectivity index (χ1v) is 11.8. The highest BCUT2D eigenvalue weighted by Crippen LogP contribution is 2.38. The van der Waals surface area contributed by atoms with Gasteiger partial charge in [-0.2, -0.15) is 4.98 Å². The minimum absolute atomic E-state index is 0.00759. The number of hydrogen-bond acceptors (Lipinski definition) is 8. The maximum atomic E-state index is 12.8. The van der Waals surface area contributed by atoms with Crippen LogP contribution < -0.4 is 20.5 Å². The lowest BCUT2D eigenvalue weighted by Crippen LogP contribution is -2.50. The number of aryl methyl sites for hydroxylation is 1. The second kappa shape index (κ2) is 9.73. The van der Waals surface area contributed by atoms with E-state index in [0.717, 1.165) is 35.7 Å². The molecule has 0 unspecified atom stereocenters. The van der Waals surface area contributed by atoms with E-state index in [9.17, 15) is 9.59 Å². The van der Waals surface area contributed by atoms with Gasteiger partial charge in [0.15, 0.2) is 0 Å². The topological polar surface area (TPSA) is 105 Å². The number of nitrogens with zero attached hydrogens (tertiary/aromatic N) is 6. The maximum Gasteiger partial charge on any atom is 0.254 e. The highest BCUT2D eigenvalue weighted by Gasteiger charge is 2.26. The zero-order valence-electron chi connectivity index (χ0n) is 20.0. The quantitative estimate of drug-likeness (QED) is 0.555. The lowest BCUT2D eigenvalue weighted by Gasteiger charge is -2.35. The van der Waals surface area contributed by atoms with Crippen LogP contribution in [0.15, 0.2) is 47.5 Å². The Morgan fingerprint density at radius 1 is 1.09 bits per heavy atom. The molecular weight excluding hydrogens is 446 g/mol. The molecule has 10 nitrogen and oxygen atoms in total. The Labute approximate surface area is 203 Å². The Hall–Kier alpha value is -3.95. The van der Waals surface area contributed by atoms with Crippen molar-refractivity contribution in [2.75, 3.05) is 43.5 Å². The predicted molar refractivity (Wildman–Crippen MR) is 132 cm³/mol. The van der Waals surface area contributed by atoms with Crippen LogP contribution in [0, 0.1) is 6.92 Å². The molecule has 1 saturated heterocycles. The highest BCUT2D eigenvalue weighted by atomic mass is 16.5. The van der Waals surface area contributed by atoms with Gasteiger partial charge in [0, 0.05) is 55.6 Å². The molecule has 10 heteroatoms. The van der Waals surface area contributed by atoms with Gasteiger partial charge in [-0.1, -0.05) is 0 Å². The average Bonchev–Trinajstić information content (AvgIpc) is 3.71. The van der Waals surface area contributed by atoms with Gasteiger partial charge in [-0.15, -0.1) is 0 Å². The summed E-state index contributed by atoms with van der Waals surface area (Å²) in [6.07, 6.45) is 3.68. The smallest absolute Gasteiger partial charge is 0.254 e. The van der Waals surface area contributed by atoms with Gasteiger partial charge in [0.25, 0.3) is 5.56 Å². The molecule has 2 aromatic heterocycles. The number of amides is 1. The maximum absolute atomic E-state index is 12.8. The summed E-state index contributed by atoms with van der Waals surface area (Å²) in [6.45, 7) is 4.26. The summed E-state index contributed by atoms with van der Waals surface area (Å²) in [5.74, 6) is 2.46. The summed E-state index contributed by atoms with van der Waals surface area (Å²) in [4.78, 5) is 42.7. The number of ether oxygens (including phenoxy) is 1. The molecule has 0 spiro atoms. The van der Waals surface area contributed by atoms with Crippen molar-refractivity contribution in [3.63, 3.8) is 0 Å². The van der Waals surface area contributed by atoms with Crippen LogP contribution in [0.3, 0.4) is 0 Å². The molecule has 35 heavy (non-hydrogen) atoms. The van der Waals surface area contributed by atoms with E-state index in [-0.39, 0.29) is 18.0 Å². The fourth-order valence-electron chi connectivity index (χ4n) is 4.14. The molecule has 0 atom stereocenters. The molecule has 1 N–H and O–H groups in total. The van der Waals surface area contributed by atoms with Gasteiger partial charge in [0.1, 0.15) is 18.1 Å². The minimum atomic E-state index is -0.168. The van der Waals surface area contributed by atoms with E-state index in [2.05, 4.69) is 25.2 Å². The molecular formula is C25H29N7O3. The van der Waals surface area contributed by atoms with Gasteiger partial charge >= 0.3 is 0 Å². The van der Waals surface area contributed by atoms with Crippen molar-refractivity contribution >= 4 is 23.4 Å². The normalized spacial score (nSPS) is 15.7. The van der Waals surface area contributed by atoms with Gasteiger partial charge in [-0.25, -0.2) is 9.97 Å². The number of carbonyl (C=O) groups excluding carboxylic acids is 1. The zero-order chi connectivity index (χ0) is 24.4. The molecule has 1 aliphatic heterocycles. The number of benzene rings is 1. The van der Waals surface area contributed by atoms with Crippen molar-refractivity contribution in [3.8, 4) is 5.75 Å². The number of hydrogen-bond donors (Lipinski definition) is 1. The molecule has 0 bridgehead atoms. The van der Waals surface area contributed by atoms with E-state index < -0.39 is 0 Å². The van der Waals surface area contributed by atoms with Crippen LogP contribution in [-0.2, 0) is 11.3 Å². The molecule has 1 aromatic carbocycles. The summed E-state index contributed by atoms with van der Waals surface area (Å²) >= 11 is 0. The van der Waals surface area contributed by atoms with Crippen LogP contribution >= 0.6 is 0 Å². The van der Waals surface area contributed by atoms with E-state index in [0.29, 0.717) is 43.9 Å². The lowest BCUT2D eigenvalue weighted by atomic mass is 10.3. The third-order valence-corrected chi connectivity index (χ3v) is 6.32. The number of methoxy groups -OCH3 is 1. The molecule has 5 rings (SSSR count). The number of piperazine rings is 1. The molecule has 182 valence electrons. The number of anilines is 3. The summed E-state index contributed by atoms with van der Waals surface area (Å²) in [5, 5.41) is 3.31. The van der Waals surface area contributed by atoms with E-state index in [1.807, 2.05) is 37.3 Å². The van der Waals surface area contributed by atoms with Crippen LogP contribution in [-0.4, -0.2) is 63.6 Å². The van der Waals surface area contributed by atoms with Gasteiger partial charge in [0.2, 0.25) is 11.9 Å². The molecule has 2 fully saturated rings. The van der Waals surface area contributed by atoms with Crippen LogP contribution in [0.5, 0.6) is 5.75 Å². The third-order valence-electron chi connectivity index (χ3n) is 6.32. The molecule has 3 heterocycles. The van der Waals surface area contributed by atoms with Crippen molar-refractivity contribution in [2.24, 2.45) is 0 Å². The molecule has 1 aliphatic carbocycles. The summed E-state index contributed by atoms with van der Waals surface area (Å²) < 4.78 is 6.60. The van der Waals surface area contributed by atoms with Crippen LogP contribution in [0.4, 0.5) is 17.5 Å². The summed E-state index contributed by atoms with van der Waals surface area (Å²) in [5.41, 5.74) is 2.43. The fourth-order valence-corrected chi connectivity index (χ4v) is 4.14. The van der Waals surface area contributed by atoms with Gasteiger partial charge in [-0.3, -0.25) is 14.2 Å². The van der Waals surface area contributed by atoms with Gasteiger partial charge < -0.3 is 19.9 Å². The first-order valence-electron chi connectivity index (χ1n) is 11.8. The fraction of sp³-hybridized carbons (Fsp3) is 0.400. The van der Waals surface area contributed by atoms with Crippen LogP contribution in [0.1, 0.15) is 30.1 Å².